The van der Waals surface area contributed by atoms with E-state index in [0.717, 1.165) is 45.1 Å². The van der Waals surface area contributed by atoms with Gasteiger partial charge in [-0.15, -0.1) is 12.6 Å². The molecule has 7 heteroatoms. The maximum atomic E-state index is 10.6. The Balaban J connectivity index is 3.09. The standard InChI is InChI=1S/C10H22NO3PS2/c12-15(13,14)9-7-5-3-1-2-4-6-8-11-10(16)17/h1-9H2,(H2,11,16,17)(H2,12,13,14). The maximum absolute atomic E-state index is 10.6. The van der Waals surface area contributed by atoms with Crippen LogP contribution in [-0.4, -0.2) is 26.8 Å². The Morgan fingerprint density at radius 1 is 1.06 bits per heavy atom. The van der Waals surface area contributed by atoms with Gasteiger partial charge in [0, 0.05) is 12.7 Å². The van der Waals surface area contributed by atoms with E-state index in [1.165, 1.54) is 0 Å². The minimum Gasteiger partial charge on any atom is -0.371 e. The highest BCUT2D eigenvalue weighted by molar-refractivity contribution is 8.11. The molecule has 0 aliphatic rings. The predicted molar refractivity (Wildman–Crippen MR) is 78.8 cm³/mol. The molecule has 0 heterocycles. The van der Waals surface area contributed by atoms with E-state index in [1.54, 1.807) is 0 Å². The van der Waals surface area contributed by atoms with Crippen molar-refractivity contribution in [2.45, 2.75) is 44.9 Å². The molecule has 0 fully saturated rings. The van der Waals surface area contributed by atoms with Gasteiger partial charge in [0.1, 0.15) is 4.32 Å². The zero-order chi connectivity index (χ0) is 13.1. The lowest BCUT2D eigenvalue weighted by Crippen LogP contribution is -2.17. The lowest BCUT2D eigenvalue weighted by atomic mass is 10.1. The van der Waals surface area contributed by atoms with Crippen LogP contribution in [-0.2, 0) is 4.57 Å². The molecular weight excluding hydrogens is 277 g/mol. The quantitative estimate of drug-likeness (QED) is 0.216. The van der Waals surface area contributed by atoms with Gasteiger partial charge in [-0.1, -0.05) is 44.3 Å². The molecule has 0 spiro atoms. The first-order valence-electron chi connectivity index (χ1n) is 5.93. The first kappa shape index (κ1) is 17.4. The SMILES string of the molecule is O=P(O)(O)CCCCCCCCCNC(=S)S. The van der Waals surface area contributed by atoms with Crippen LogP contribution in [0.25, 0.3) is 0 Å². The molecule has 3 N–H and O–H groups in total. The molecule has 0 saturated carbocycles. The van der Waals surface area contributed by atoms with Crippen molar-refractivity contribution in [3.63, 3.8) is 0 Å². The Labute approximate surface area is 114 Å². The second-order valence-corrected chi connectivity index (χ2v) is 7.03. The fraction of sp³-hybridized carbons (Fsp3) is 0.900. The van der Waals surface area contributed by atoms with Crippen molar-refractivity contribution < 1.29 is 14.4 Å². The molecule has 0 aromatic carbocycles. The van der Waals surface area contributed by atoms with Gasteiger partial charge in [0.15, 0.2) is 0 Å². The zero-order valence-corrected chi connectivity index (χ0v) is 12.6. The van der Waals surface area contributed by atoms with E-state index in [9.17, 15) is 4.57 Å². The lowest BCUT2D eigenvalue weighted by molar-refractivity contribution is 0.370. The van der Waals surface area contributed by atoms with Gasteiger partial charge in [-0.2, -0.15) is 0 Å². The van der Waals surface area contributed by atoms with Crippen LogP contribution in [0, 0.1) is 0 Å². The summed E-state index contributed by atoms with van der Waals surface area (Å²) in [6.45, 7) is 0.876. The van der Waals surface area contributed by atoms with E-state index in [2.05, 4.69) is 17.9 Å². The summed E-state index contributed by atoms with van der Waals surface area (Å²) in [6, 6.07) is 0. The number of nitrogens with one attached hydrogen (secondary N) is 1. The molecule has 0 rings (SSSR count). The van der Waals surface area contributed by atoms with E-state index in [4.69, 9.17) is 22.0 Å². The average Bonchev–Trinajstić information content (AvgIpc) is 2.18. The van der Waals surface area contributed by atoms with Crippen molar-refractivity contribution in [3.8, 4) is 0 Å². The van der Waals surface area contributed by atoms with Gasteiger partial charge in [-0.3, -0.25) is 4.57 Å². The van der Waals surface area contributed by atoms with E-state index in [-0.39, 0.29) is 6.16 Å². The molecule has 0 unspecified atom stereocenters. The number of hydrogen-bond acceptors (Lipinski definition) is 2. The predicted octanol–water partition coefficient (Wildman–Crippen LogP) is 2.70. The van der Waals surface area contributed by atoms with Crippen LogP contribution in [0.15, 0.2) is 0 Å². The number of thiol groups is 1. The van der Waals surface area contributed by atoms with Crippen LogP contribution in [0.4, 0.5) is 0 Å². The normalized spacial score (nSPS) is 11.5. The summed E-state index contributed by atoms with van der Waals surface area (Å²) in [7, 11) is -3.77. The van der Waals surface area contributed by atoms with Crippen LogP contribution in [0.2, 0.25) is 0 Å². The summed E-state index contributed by atoms with van der Waals surface area (Å²) in [4.78, 5) is 17.3. The van der Waals surface area contributed by atoms with Gasteiger partial charge in [0.05, 0.1) is 0 Å². The monoisotopic (exact) mass is 299 g/mol. The highest BCUT2D eigenvalue weighted by atomic mass is 32.1. The molecule has 0 radical (unpaired) electrons. The van der Waals surface area contributed by atoms with Crippen LogP contribution in [0.1, 0.15) is 44.9 Å². The Morgan fingerprint density at radius 2 is 1.53 bits per heavy atom. The van der Waals surface area contributed by atoms with Crippen molar-refractivity contribution in [2.75, 3.05) is 12.7 Å². The minimum absolute atomic E-state index is 0.0241. The summed E-state index contributed by atoms with van der Waals surface area (Å²) in [6.07, 6.45) is 7.15. The van der Waals surface area contributed by atoms with Gasteiger partial charge in [0.25, 0.3) is 0 Å². The van der Waals surface area contributed by atoms with Crippen LogP contribution >= 0.6 is 32.4 Å². The number of thiocarbonyl (C=S) groups is 1. The van der Waals surface area contributed by atoms with E-state index < -0.39 is 7.60 Å². The van der Waals surface area contributed by atoms with Crippen molar-refractivity contribution in [1.82, 2.24) is 5.32 Å². The third kappa shape index (κ3) is 16.4. The Bertz CT molecular complexity index is 258. The molecule has 0 aromatic heterocycles. The van der Waals surface area contributed by atoms with Crippen molar-refractivity contribution in [2.24, 2.45) is 0 Å². The van der Waals surface area contributed by atoms with E-state index in [0.29, 0.717) is 10.7 Å². The summed E-state index contributed by atoms with van der Waals surface area (Å²) in [5, 5.41) is 2.98. The molecule has 4 nitrogen and oxygen atoms in total. The van der Waals surface area contributed by atoms with E-state index >= 15 is 0 Å². The second kappa shape index (κ2) is 10.3. The smallest absolute Gasteiger partial charge is 0.325 e. The zero-order valence-electron chi connectivity index (χ0n) is 9.97. The van der Waals surface area contributed by atoms with Gasteiger partial charge in [-0.25, -0.2) is 0 Å². The van der Waals surface area contributed by atoms with Crippen molar-refractivity contribution >= 4 is 36.8 Å². The number of rotatable bonds is 10. The highest BCUT2D eigenvalue weighted by Gasteiger charge is 2.10. The first-order chi connectivity index (χ1) is 7.92. The van der Waals surface area contributed by atoms with Gasteiger partial charge in [0.2, 0.25) is 0 Å². The van der Waals surface area contributed by atoms with Crippen LogP contribution in [0.3, 0.4) is 0 Å². The van der Waals surface area contributed by atoms with Crippen molar-refractivity contribution in [3.05, 3.63) is 0 Å². The molecular formula is C10H22NO3PS2. The topological polar surface area (TPSA) is 69.6 Å². The molecule has 102 valence electrons. The summed E-state index contributed by atoms with van der Waals surface area (Å²) >= 11 is 8.72. The van der Waals surface area contributed by atoms with Crippen LogP contribution in [0.5, 0.6) is 0 Å². The Hall–Kier alpha value is 0.390. The maximum Gasteiger partial charge on any atom is 0.325 e. The summed E-state index contributed by atoms with van der Waals surface area (Å²) in [5.74, 6) is 0. The first-order valence-corrected chi connectivity index (χ1v) is 8.58. The Morgan fingerprint density at radius 3 is 2.00 bits per heavy atom. The molecule has 17 heavy (non-hydrogen) atoms. The van der Waals surface area contributed by atoms with Crippen LogP contribution < -0.4 is 5.32 Å². The van der Waals surface area contributed by atoms with Crippen molar-refractivity contribution in [1.29, 1.82) is 0 Å². The number of unbranched alkanes of at least 4 members (excludes halogenated alkanes) is 6. The number of hydrogen-bond donors (Lipinski definition) is 4. The molecule has 0 atom stereocenters. The molecule has 0 amide bonds. The third-order valence-corrected chi connectivity index (χ3v) is 3.60. The second-order valence-electron chi connectivity index (χ2n) is 4.10. The average molecular weight is 299 g/mol. The van der Waals surface area contributed by atoms with E-state index in [1.807, 2.05) is 0 Å². The largest absolute Gasteiger partial charge is 0.371 e. The van der Waals surface area contributed by atoms with Gasteiger partial charge < -0.3 is 15.1 Å². The Kier molecular flexibility index (Phi) is 10.6. The molecule has 0 aromatic rings. The fourth-order valence-electron chi connectivity index (χ4n) is 1.52. The molecule has 0 bridgehead atoms. The third-order valence-electron chi connectivity index (χ3n) is 2.40. The lowest BCUT2D eigenvalue weighted by Gasteiger charge is -2.04. The highest BCUT2D eigenvalue weighted by Crippen LogP contribution is 2.35. The molecule has 0 aliphatic heterocycles. The summed E-state index contributed by atoms with van der Waals surface area (Å²) in [5.41, 5.74) is 0. The molecule has 0 saturated heterocycles. The fourth-order valence-corrected chi connectivity index (χ4v) is 2.37. The van der Waals surface area contributed by atoms with Gasteiger partial charge in [-0.05, 0) is 12.8 Å². The minimum atomic E-state index is -3.77. The molecule has 0 aliphatic carbocycles. The van der Waals surface area contributed by atoms with Gasteiger partial charge >= 0.3 is 7.60 Å². The summed E-state index contributed by atoms with van der Waals surface area (Å²) < 4.78 is 11.1.